The predicted molar refractivity (Wildman–Crippen MR) is 65.3 cm³/mol. The molecule has 0 aromatic carbocycles. The van der Waals surface area contributed by atoms with Gasteiger partial charge in [-0.15, -0.1) is 0 Å². The van der Waals surface area contributed by atoms with E-state index in [9.17, 15) is 27.9 Å². The lowest BCUT2D eigenvalue weighted by molar-refractivity contribution is -0.148. The number of urea groups is 1. The molecule has 0 bridgehead atoms. The van der Waals surface area contributed by atoms with Crippen molar-refractivity contribution in [3.63, 3.8) is 0 Å². The van der Waals surface area contributed by atoms with Gasteiger partial charge >= 0.3 is 18.2 Å². The number of alkyl halides is 3. The van der Waals surface area contributed by atoms with Gasteiger partial charge in [-0.25, -0.2) is 9.59 Å². The lowest BCUT2D eigenvalue weighted by Gasteiger charge is -2.34. The Hall–Kier alpha value is -1.47. The molecule has 1 fully saturated rings. The van der Waals surface area contributed by atoms with E-state index in [0.29, 0.717) is 12.8 Å². The van der Waals surface area contributed by atoms with Crippen LogP contribution in [0.4, 0.5) is 18.0 Å². The summed E-state index contributed by atoms with van der Waals surface area (Å²) in [6, 6.07) is -1.84. The van der Waals surface area contributed by atoms with Gasteiger partial charge in [-0.2, -0.15) is 13.2 Å². The molecular formula is C12H19F3N2O3. The van der Waals surface area contributed by atoms with Crippen molar-refractivity contribution in [3.8, 4) is 0 Å². The molecular weight excluding hydrogens is 277 g/mol. The first-order valence-corrected chi connectivity index (χ1v) is 6.50. The lowest BCUT2D eigenvalue weighted by Crippen LogP contribution is -2.57. The van der Waals surface area contributed by atoms with Gasteiger partial charge in [0.15, 0.2) is 0 Å². The molecule has 0 spiro atoms. The second kappa shape index (κ2) is 5.88. The van der Waals surface area contributed by atoms with Crippen LogP contribution >= 0.6 is 0 Å². The Kier molecular flexibility index (Phi) is 4.88. The quantitative estimate of drug-likeness (QED) is 0.836. The summed E-state index contributed by atoms with van der Waals surface area (Å²) < 4.78 is 36.7. The first kappa shape index (κ1) is 16.6. The van der Waals surface area contributed by atoms with E-state index in [1.54, 1.807) is 6.92 Å². The van der Waals surface area contributed by atoms with Crippen LogP contribution in [0.1, 0.15) is 39.5 Å². The molecule has 116 valence electrons. The summed E-state index contributed by atoms with van der Waals surface area (Å²) >= 11 is 0. The van der Waals surface area contributed by atoms with Crippen molar-refractivity contribution in [1.82, 2.24) is 10.2 Å². The van der Waals surface area contributed by atoms with E-state index in [4.69, 9.17) is 0 Å². The van der Waals surface area contributed by atoms with E-state index in [2.05, 4.69) is 5.32 Å². The molecule has 8 heteroatoms. The maximum absolute atomic E-state index is 12.2. The topological polar surface area (TPSA) is 69.6 Å². The van der Waals surface area contributed by atoms with Crippen molar-refractivity contribution in [2.45, 2.75) is 57.3 Å². The fourth-order valence-corrected chi connectivity index (χ4v) is 2.60. The number of nitrogens with one attached hydrogen (secondary N) is 1. The van der Waals surface area contributed by atoms with Gasteiger partial charge in [0.1, 0.15) is 5.54 Å². The van der Waals surface area contributed by atoms with Gasteiger partial charge in [0, 0.05) is 12.6 Å². The second-order valence-electron chi connectivity index (χ2n) is 5.12. The molecule has 2 unspecified atom stereocenters. The Labute approximate surface area is 115 Å². The first-order valence-electron chi connectivity index (χ1n) is 6.50. The fourth-order valence-electron chi connectivity index (χ4n) is 2.60. The minimum absolute atomic E-state index is 0.226. The van der Waals surface area contributed by atoms with E-state index < -0.39 is 36.2 Å². The molecule has 1 heterocycles. The van der Waals surface area contributed by atoms with Crippen molar-refractivity contribution in [1.29, 1.82) is 0 Å². The summed E-state index contributed by atoms with van der Waals surface area (Å²) in [7, 11) is 0. The lowest BCUT2D eigenvalue weighted by atomic mass is 9.93. The number of hydrogen-bond acceptors (Lipinski definition) is 2. The number of carboxylic acids is 1. The standard InChI is InChI=1S/C12H19F3N2O3/c1-3-11(9(18)19)5-4-6-17(11)10(20)16-8(2)7-12(13,14)15/h8H,3-7H2,1-2H3,(H,16,20)(H,18,19). The summed E-state index contributed by atoms with van der Waals surface area (Å²) in [6.07, 6.45) is -4.43. The monoisotopic (exact) mass is 296 g/mol. The third-order valence-electron chi connectivity index (χ3n) is 3.62. The molecule has 0 aliphatic carbocycles. The van der Waals surface area contributed by atoms with Gasteiger partial charge in [-0.05, 0) is 26.2 Å². The highest BCUT2D eigenvalue weighted by Gasteiger charge is 2.48. The molecule has 2 N–H and O–H groups in total. The number of halogens is 3. The second-order valence-corrected chi connectivity index (χ2v) is 5.12. The van der Waals surface area contributed by atoms with E-state index in [-0.39, 0.29) is 13.0 Å². The molecule has 1 aliphatic heterocycles. The van der Waals surface area contributed by atoms with Crippen LogP contribution in [0.5, 0.6) is 0 Å². The largest absolute Gasteiger partial charge is 0.479 e. The summed E-state index contributed by atoms with van der Waals surface area (Å²) in [5.74, 6) is -1.11. The summed E-state index contributed by atoms with van der Waals surface area (Å²) in [5, 5.41) is 11.5. The maximum atomic E-state index is 12.2. The minimum Gasteiger partial charge on any atom is -0.479 e. The van der Waals surface area contributed by atoms with Crippen LogP contribution in [0.15, 0.2) is 0 Å². The zero-order valence-electron chi connectivity index (χ0n) is 11.5. The van der Waals surface area contributed by atoms with Crippen molar-refractivity contribution >= 4 is 12.0 Å². The molecule has 0 aromatic rings. The maximum Gasteiger partial charge on any atom is 0.391 e. The number of nitrogens with zero attached hydrogens (tertiary/aromatic N) is 1. The molecule has 0 saturated carbocycles. The highest BCUT2D eigenvalue weighted by molar-refractivity contribution is 5.87. The molecule has 5 nitrogen and oxygen atoms in total. The van der Waals surface area contributed by atoms with E-state index in [1.807, 2.05) is 0 Å². The van der Waals surface area contributed by atoms with E-state index in [0.717, 1.165) is 4.90 Å². The molecule has 0 radical (unpaired) electrons. The van der Waals surface area contributed by atoms with Crippen molar-refractivity contribution in [2.24, 2.45) is 0 Å². The van der Waals surface area contributed by atoms with Crippen LogP contribution in [0.2, 0.25) is 0 Å². The van der Waals surface area contributed by atoms with Crippen LogP contribution in [0.25, 0.3) is 0 Å². The zero-order valence-corrected chi connectivity index (χ0v) is 11.5. The first-order chi connectivity index (χ1) is 9.12. The van der Waals surface area contributed by atoms with Crippen molar-refractivity contribution in [3.05, 3.63) is 0 Å². The Morgan fingerprint density at radius 1 is 1.45 bits per heavy atom. The number of amides is 2. The van der Waals surface area contributed by atoms with Crippen LogP contribution in [0.3, 0.4) is 0 Å². The number of carbonyl (C=O) groups excluding carboxylic acids is 1. The fraction of sp³-hybridized carbons (Fsp3) is 0.833. The van der Waals surface area contributed by atoms with Crippen molar-refractivity contribution < 1.29 is 27.9 Å². The molecule has 20 heavy (non-hydrogen) atoms. The number of carbonyl (C=O) groups is 2. The Morgan fingerprint density at radius 2 is 2.05 bits per heavy atom. The number of likely N-dealkylation sites (tertiary alicyclic amines) is 1. The minimum atomic E-state index is -4.37. The van der Waals surface area contributed by atoms with Crippen LogP contribution in [-0.4, -0.2) is 46.3 Å². The van der Waals surface area contributed by atoms with Crippen LogP contribution in [-0.2, 0) is 4.79 Å². The van der Waals surface area contributed by atoms with Gasteiger partial charge in [0.25, 0.3) is 0 Å². The highest BCUT2D eigenvalue weighted by Crippen LogP contribution is 2.33. The van der Waals surface area contributed by atoms with Gasteiger partial charge in [0.2, 0.25) is 0 Å². The Balaban J connectivity index is 2.74. The third kappa shape index (κ3) is 3.55. The molecule has 0 aromatic heterocycles. The third-order valence-corrected chi connectivity index (χ3v) is 3.62. The van der Waals surface area contributed by atoms with Crippen molar-refractivity contribution in [2.75, 3.05) is 6.54 Å². The number of hydrogen-bond donors (Lipinski definition) is 2. The van der Waals surface area contributed by atoms with Gasteiger partial charge in [0.05, 0.1) is 6.42 Å². The van der Waals surface area contributed by atoms with E-state index in [1.165, 1.54) is 6.92 Å². The smallest absolute Gasteiger partial charge is 0.391 e. The predicted octanol–water partition coefficient (Wildman–Crippen LogP) is 2.37. The summed E-state index contributed by atoms with van der Waals surface area (Å²) in [6.45, 7) is 3.14. The molecule has 2 atom stereocenters. The average Bonchev–Trinajstić information content (AvgIpc) is 2.70. The van der Waals surface area contributed by atoms with Gasteiger partial charge in [-0.3, -0.25) is 0 Å². The molecule has 1 saturated heterocycles. The zero-order chi connectivity index (χ0) is 15.6. The molecule has 1 aliphatic rings. The van der Waals surface area contributed by atoms with Gasteiger partial charge in [-0.1, -0.05) is 6.92 Å². The normalized spacial score (nSPS) is 24.6. The Bertz CT molecular complexity index is 387. The number of aliphatic carboxylic acids is 1. The summed E-state index contributed by atoms with van der Waals surface area (Å²) in [4.78, 5) is 24.5. The molecule has 1 rings (SSSR count). The van der Waals surface area contributed by atoms with E-state index >= 15 is 0 Å². The number of rotatable bonds is 4. The SMILES string of the molecule is CCC1(C(=O)O)CCCN1C(=O)NC(C)CC(F)(F)F. The van der Waals surface area contributed by atoms with Gasteiger partial charge < -0.3 is 15.3 Å². The molecule has 2 amide bonds. The average molecular weight is 296 g/mol. The van der Waals surface area contributed by atoms with Crippen LogP contribution < -0.4 is 5.32 Å². The Morgan fingerprint density at radius 3 is 2.50 bits per heavy atom. The number of carboxylic acid groups (broad SMARTS) is 1. The van der Waals surface area contributed by atoms with Crippen LogP contribution in [0, 0.1) is 0 Å². The summed E-state index contributed by atoms with van der Waals surface area (Å²) in [5.41, 5.74) is -1.30. The highest BCUT2D eigenvalue weighted by atomic mass is 19.4.